The Hall–Kier alpha value is -0.770. The van der Waals surface area contributed by atoms with E-state index >= 15 is 0 Å². The van der Waals surface area contributed by atoms with Crippen LogP contribution in [0.15, 0.2) is 0 Å². The summed E-state index contributed by atoms with van der Waals surface area (Å²) in [5.74, 6) is -0.406. The maximum absolute atomic E-state index is 10.6. The van der Waals surface area contributed by atoms with E-state index in [0.717, 1.165) is 0 Å². The number of ether oxygens (including phenoxy) is 1. The number of amides is 1. The van der Waals surface area contributed by atoms with E-state index in [-0.39, 0.29) is 0 Å². The third-order valence-electron chi connectivity index (χ3n) is 2.28. The minimum absolute atomic E-state index is 0.406. The van der Waals surface area contributed by atoms with Gasteiger partial charge in [0, 0.05) is 6.92 Å². The van der Waals surface area contributed by atoms with Gasteiger partial charge in [0.1, 0.15) is 24.4 Å². The van der Waals surface area contributed by atoms with Gasteiger partial charge in [-0.1, -0.05) is 0 Å². The first-order chi connectivity index (χ1) is 7.47. The standard InChI is InChI=1S/C8H16N2O6/c1-3(12)9-10-8-7(15)6(14)5(13)4(2-11)16-8/h4-8,10-11,13-15H,2H2,1H3,(H,9,12)/t4-,5-,6+,7+,8-/m1/s1. The molecule has 0 bridgehead atoms. The highest BCUT2D eigenvalue weighted by Gasteiger charge is 2.43. The molecule has 94 valence electrons. The second-order valence-electron chi connectivity index (χ2n) is 3.58. The van der Waals surface area contributed by atoms with Crippen molar-refractivity contribution in [2.75, 3.05) is 6.61 Å². The monoisotopic (exact) mass is 236 g/mol. The molecule has 0 unspecified atom stereocenters. The molecule has 0 saturated carbocycles. The minimum Gasteiger partial charge on any atom is -0.394 e. The van der Waals surface area contributed by atoms with Gasteiger partial charge in [0.25, 0.3) is 0 Å². The smallest absolute Gasteiger partial charge is 0.231 e. The molecule has 1 rings (SSSR count). The fourth-order valence-corrected chi connectivity index (χ4v) is 1.39. The number of hydrazine groups is 1. The molecule has 1 saturated heterocycles. The average molecular weight is 236 g/mol. The van der Waals surface area contributed by atoms with E-state index in [2.05, 4.69) is 10.9 Å². The maximum Gasteiger partial charge on any atom is 0.231 e. The lowest BCUT2D eigenvalue weighted by atomic mass is 9.99. The lowest BCUT2D eigenvalue weighted by Gasteiger charge is -2.40. The number of carbonyl (C=O) groups excluding carboxylic acids is 1. The number of hydrogen-bond acceptors (Lipinski definition) is 7. The van der Waals surface area contributed by atoms with Gasteiger partial charge >= 0.3 is 0 Å². The molecule has 0 aromatic carbocycles. The molecule has 8 nitrogen and oxygen atoms in total. The molecule has 6 N–H and O–H groups in total. The lowest BCUT2D eigenvalue weighted by molar-refractivity contribution is -0.238. The molecule has 0 aliphatic carbocycles. The van der Waals surface area contributed by atoms with E-state index in [0.29, 0.717) is 0 Å². The normalized spacial score (nSPS) is 39.4. The molecule has 5 atom stereocenters. The SMILES string of the molecule is CC(=O)NN[C@@H]1O[C@H](CO)[C@@H](O)[C@H](O)[C@@H]1O. The fourth-order valence-electron chi connectivity index (χ4n) is 1.39. The van der Waals surface area contributed by atoms with Crippen molar-refractivity contribution in [2.45, 2.75) is 37.6 Å². The molecule has 16 heavy (non-hydrogen) atoms. The largest absolute Gasteiger partial charge is 0.394 e. The van der Waals surface area contributed by atoms with Crippen molar-refractivity contribution in [2.24, 2.45) is 0 Å². The van der Waals surface area contributed by atoms with Crippen LogP contribution < -0.4 is 10.9 Å². The zero-order valence-electron chi connectivity index (χ0n) is 8.70. The quantitative estimate of drug-likeness (QED) is 0.279. The molecule has 0 aromatic heterocycles. The highest BCUT2D eigenvalue weighted by Crippen LogP contribution is 2.19. The first-order valence-electron chi connectivity index (χ1n) is 4.80. The van der Waals surface area contributed by atoms with E-state index in [9.17, 15) is 20.1 Å². The molecule has 8 heteroatoms. The highest BCUT2D eigenvalue weighted by molar-refractivity contribution is 5.72. The summed E-state index contributed by atoms with van der Waals surface area (Å²) in [6, 6.07) is 0. The van der Waals surface area contributed by atoms with Crippen molar-refractivity contribution in [3.05, 3.63) is 0 Å². The van der Waals surface area contributed by atoms with Crippen LogP contribution in [0, 0.1) is 0 Å². The molecular formula is C8H16N2O6. The molecule has 1 aliphatic heterocycles. The van der Waals surface area contributed by atoms with Crippen LogP contribution in [0.2, 0.25) is 0 Å². The molecule has 1 heterocycles. The Morgan fingerprint density at radius 2 is 1.88 bits per heavy atom. The highest BCUT2D eigenvalue weighted by atomic mass is 16.6. The molecule has 0 radical (unpaired) electrons. The molecule has 1 aliphatic rings. The lowest BCUT2D eigenvalue weighted by Crippen LogP contribution is -2.64. The van der Waals surface area contributed by atoms with Crippen molar-refractivity contribution in [3.63, 3.8) is 0 Å². The first-order valence-corrected chi connectivity index (χ1v) is 4.80. The van der Waals surface area contributed by atoms with Gasteiger partial charge in [-0.25, -0.2) is 5.43 Å². The van der Waals surface area contributed by atoms with E-state index in [1.54, 1.807) is 0 Å². The molecule has 1 fully saturated rings. The zero-order chi connectivity index (χ0) is 12.3. The predicted octanol–water partition coefficient (Wildman–Crippen LogP) is -3.57. The van der Waals surface area contributed by atoms with Gasteiger partial charge in [-0.2, -0.15) is 0 Å². The van der Waals surface area contributed by atoms with E-state index in [1.807, 2.05) is 0 Å². The Morgan fingerprint density at radius 3 is 2.38 bits per heavy atom. The van der Waals surface area contributed by atoms with Crippen LogP contribution in [-0.4, -0.2) is 63.6 Å². The maximum atomic E-state index is 10.6. The van der Waals surface area contributed by atoms with E-state index < -0.39 is 43.2 Å². The molecular weight excluding hydrogens is 220 g/mol. The second kappa shape index (κ2) is 5.53. The Balaban J connectivity index is 2.60. The number of hydrogen-bond donors (Lipinski definition) is 6. The van der Waals surface area contributed by atoms with Crippen LogP contribution in [-0.2, 0) is 9.53 Å². The van der Waals surface area contributed by atoms with Crippen LogP contribution in [0.1, 0.15) is 6.92 Å². The first kappa shape index (κ1) is 13.3. The fraction of sp³-hybridized carbons (Fsp3) is 0.875. The summed E-state index contributed by atoms with van der Waals surface area (Å²) in [4.78, 5) is 10.6. The molecule has 1 amide bonds. The van der Waals surface area contributed by atoms with Crippen LogP contribution >= 0.6 is 0 Å². The van der Waals surface area contributed by atoms with Crippen LogP contribution in [0.4, 0.5) is 0 Å². The summed E-state index contributed by atoms with van der Waals surface area (Å²) in [6.07, 6.45) is -6.37. The second-order valence-corrected chi connectivity index (χ2v) is 3.58. The molecule has 0 aromatic rings. The summed E-state index contributed by atoms with van der Waals surface area (Å²) in [5, 5.41) is 37.2. The number of aliphatic hydroxyl groups excluding tert-OH is 4. The third kappa shape index (κ3) is 2.88. The molecule has 0 spiro atoms. The van der Waals surface area contributed by atoms with Gasteiger partial charge in [0.05, 0.1) is 6.61 Å². The summed E-state index contributed by atoms with van der Waals surface area (Å²) >= 11 is 0. The van der Waals surface area contributed by atoms with E-state index in [4.69, 9.17) is 9.84 Å². The number of aliphatic hydroxyl groups is 4. The number of rotatable bonds is 3. The summed E-state index contributed by atoms with van der Waals surface area (Å²) in [5.41, 5.74) is 4.51. The van der Waals surface area contributed by atoms with Crippen molar-refractivity contribution >= 4 is 5.91 Å². The topological polar surface area (TPSA) is 131 Å². The van der Waals surface area contributed by atoms with Crippen LogP contribution in [0.5, 0.6) is 0 Å². The Labute approximate surface area is 91.8 Å². The van der Waals surface area contributed by atoms with Crippen molar-refractivity contribution in [1.29, 1.82) is 0 Å². The van der Waals surface area contributed by atoms with Gasteiger partial charge in [0.2, 0.25) is 5.91 Å². The van der Waals surface area contributed by atoms with Crippen LogP contribution in [0.3, 0.4) is 0 Å². The average Bonchev–Trinajstić information content (AvgIpc) is 2.25. The van der Waals surface area contributed by atoms with Gasteiger partial charge in [-0.3, -0.25) is 10.2 Å². The van der Waals surface area contributed by atoms with Gasteiger partial charge < -0.3 is 25.2 Å². The van der Waals surface area contributed by atoms with Gasteiger partial charge in [-0.05, 0) is 0 Å². The van der Waals surface area contributed by atoms with Gasteiger partial charge in [-0.15, -0.1) is 0 Å². The third-order valence-corrected chi connectivity index (χ3v) is 2.28. The number of nitrogens with one attached hydrogen (secondary N) is 2. The van der Waals surface area contributed by atoms with Crippen molar-refractivity contribution in [3.8, 4) is 0 Å². The van der Waals surface area contributed by atoms with Crippen molar-refractivity contribution in [1.82, 2.24) is 10.9 Å². The Kier molecular flexibility index (Phi) is 4.59. The summed E-state index contributed by atoms with van der Waals surface area (Å²) < 4.78 is 5.05. The zero-order valence-corrected chi connectivity index (χ0v) is 8.70. The van der Waals surface area contributed by atoms with E-state index in [1.165, 1.54) is 6.92 Å². The summed E-state index contributed by atoms with van der Waals surface area (Å²) in [6.45, 7) is 0.736. The summed E-state index contributed by atoms with van der Waals surface area (Å²) in [7, 11) is 0. The van der Waals surface area contributed by atoms with Crippen LogP contribution in [0.25, 0.3) is 0 Å². The van der Waals surface area contributed by atoms with Gasteiger partial charge in [0.15, 0.2) is 6.23 Å². The minimum atomic E-state index is -1.46. The predicted molar refractivity (Wildman–Crippen MR) is 50.7 cm³/mol. The number of carbonyl (C=O) groups is 1. The Bertz CT molecular complexity index is 249. The van der Waals surface area contributed by atoms with Crippen molar-refractivity contribution < 1.29 is 30.0 Å². The Morgan fingerprint density at radius 1 is 1.25 bits per heavy atom.